The smallest absolute Gasteiger partial charge is 0.253 e. The third-order valence-electron chi connectivity index (χ3n) is 5.96. The molecule has 2 heterocycles. The van der Waals surface area contributed by atoms with Crippen LogP contribution in [-0.2, 0) is 4.74 Å². The number of carbonyl (C=O) groups is 1. The molecular weight excluding hydrogens is 371 g/mol. The lowest BCUT2D eigenvalue weighted by Crippen LogP contribution is -2.41. The van der Waals surface area contributed by atoms with E-state index in [-0.39, 0.29) is 30.2 Å². The lowest BCUT2D eigenvalue weighted by Gasteiger charge is -2.30. The molecule has 6 heteroatoms. The van der Waals surface area contributed by atoms with E-state index in [0.717, 1.165) is 44.0 Å². The number of likely N-dealkylation sites (tertiary alicyclic amines) is 1. The number of benzene rings is 2. The number of hydrogen-bond acceptors (Lipinski definition) is 4. The van der Waals surface area contributed by atoms with Crippen molar-refractivity contribution in [3.63, 3.8) is 0 Å². The molecule has 1 N–H and O–H groups in total. The van der Waals surface area contributed by atoms with Gasteiger partial charge in [0, 0.05) is 50.8 Å². The van der Waals surface area contributed by atoms with E-state index in [1.807, 2.05) is 29.2 Å². The minimum atomic E-state index is -0.296. The first-order chi connectivity index (χ1) is 14.1. The van der Waals surface area contributed by atoms with E-state index in [2.05, 4.69) is 4.90 Å². The predicted molar refractivity (Wildman–Crippen MR) is 109 cm³/mol. The van der Waals surface area contributed by atoms with Gasteiger partial charge in [0.15, 0.2) is 0 Å². The topological polar surface area (TPSA) is 53.0 Å². The molecular formula is C23H27FN2O3. The molecule has 0 unspecified atom stereocenters. The number of nitrogens with zero attached hydrogens (tertiary/aromatic N) is 2. The van der Waals surface area contributed by atoms with Gasteiger partial charge in [-0.05, 0) is 41.3 Å². The van der Waals surface area contributed by atoms with Crippen LogP contribution in [0.3, 0.4) is 0 Å². The fraction of sp³-hybridized carbons (Fsp3) is 0.435. The van der Waals surface area contributed by atoms with Crippen LogP contribution >= 0.6 is 0 Å². The molecule has 2 fully saturated rings. The van der Waals surface area contributed by atoms with Gasteiger partial charge in [-0.25, -0.2) is 4.39 Å². The fourth-order valence-corrected chi connectivity index (χ4v) is 4.32. The Hall–Kier alpha value is -2.28. The van der Waals surface area contributed by atoms with Crippen LogP contribution in [0.2, 0.25) is 0 Å². The van der Waals surface area contributed by atoms with Gasteiger partial charge in [-0.3, -0.25) is 9.69 Å². The Labute approximate surface area is 170 Å². The van der Waals surface area contributed by atoms with E-state index in [4.69, 9.17) is 4.74 Å². The number of hydrogen-bond donors (Lipinski definition) is 1. The Morgan fingerprint density at radius 3 is 2.45 bits per heavy atom. The molecule has 1 amide bonds. The quantitative estimate of drug-likeness (QED) is 0.841. The summed E-state index contributed by atoms with van der Waals surface area (Å²) in [5.41, 5.74) is 2.16. The van der Waals surface area contributed by atoms with E-state index < -0.39 is 0 Å². The summed E-state index contributed by atoms with van der Waals surface area (Å²) in [6.07, 6.45) is 0. The standard InChI is InChI=1S/C23H27FN2O3/c24-22-6-2-4-18(12-22)17-3-1-5-19(11-17)23(28)26-14-20(21(15-26)16-27)13-25-7-9-29-10-8-25/h1-6,11-12,20-21,27H,7-10,13-16H2/t20-,21-/m0/s1. The molecule has 2 atom stereocenters. The normalized spacial score (nSPS) is 22.8. The number of aliphatic hydroxyl groups excluding tert-OH is 1. The molecule has 2 aliphatic rings. The summed E-state index contributed by atoms with van der Waals surface area (Å²) in [7, 11) is 0. The first-order valence-corrected chi connectivity index (χ1v) is 10.2. The monoisotopic (exact) mass is 398 g/mol. The second-order valence-electron chi connectivity index (χ2n) is 7.92. The van der Waals surface area contributed by atoms with E-state index in [9.17, 15) is 14.3 Å². The molecule has 0 radical (unpaired) electrons. The molecule has 4 rings (SSSR count). The zero-order valence-corrected chi connectivity index (χ0v) is 16.5. The average molecular weight is 398 g/mol. The van der Waals surface area contributed by atoms with Crippen LogP contribution in [0.1, 0.15) is 10.4 Å². The third-order valence-corrected chi connectivity index (χ3v) is 5.96. The molecule has 0 aromatic heterocycles. The Kier molecular flexibility index (Phi) is 6.23. The summed E-state index contributed by atoms with van der Waals surface area (Å²) in [5.74, 6) is 0.0170. The van der Waals surface area contributed by atoms with Gasteiger partial charge >= 0.3 is 0 Å². The highest BCUT2D eigenvalue weighted by Crippen LogP contribution is 2.27. The molecule has 0 bridgehead atoms. The lowest BCUT2D eigenvalue weighted by atomic mass is 9.96. The van der Waals surface area contributed by atoms with Crippen molar-refractivity contribution in [2.45, 2.75) is 0 Å². The summed E-state index contributed by atoms with van der Waals surface area (Å²) in [4.78, 5) is 17.3. The van der Waals surface area contributed by atoms with Crippen LogP contribution in [0.15, 0.2) is 48.5 Å². The largest absolute Gasteiger partial charge is 0.396 e. The van der Waals surface area contributed by atoms with Crippen LogP contribution in [0.25, 0.3) is 11.1 Å². The van der Waals surface area contributed by atoms with Crippen molar-refractivity contribution in [1.82, 2.24) is 9.80 Å². The van der Waals surface area contributed by atoms with E-state index in [0.29, 0.717) is 18.7 Å². The molecule has 2 saturated heterocycles. The first kappa shape index (κ1) is 20.0. The van der Waals surface area contributed by atoms with Gasteiger partial charge in [0.05, 0.1) is 13.2 Å². The van der Waals surface area contributed by atoms with Crippen LogP contribution in [0.4, 0.5) is 4.39 Å². The number of ether oxygens (including phenoxy) is 1. The average Bonchev–Trinajstić information content (AvgIpc) is 3.17. The highest BCUT2D eigenvalue weighted by Gasteiger charge is 2.36. The second kappa shape index (κ2) is 9.03. The molecule has 0 spiro atoms. The minimum absolute atomic E-state index is 0.0359. The number of aliphatic hydroxyl groups is 1. The minimum Gasteiger partial charge on any atom is -0.396 e. The highest BCUT2D eigenvalue weighted by molar-refractivity contribution is 5.95. The third kappa shape index (κ3) is 4.66. The number of carbonyl (C=O) groups excluding carboxylic acids is 1. The van der Waals surface area contributed by atoms with Crippen molar-refractivity contribution in [2.75, 3.05) is 52.5 Å². The zero-order chi connectivity index (χ0) is 20.2. The van der Waals surface area contributed by atoms with Gasteiger partial charge in [0.25, 0.3) is 5.91 Å². The Morgan fingerprint density at radius 2 is 1.72 bits per heavy atom. The van der Waals surface area contributed by atoms with Gasteiger partial charge in [0.2, 0.25) is 0 Å². The van der Waals surface area contributed by atoms with E-state index in [1.165, 1.54) is 12.1 Å². The van der Waals surface area contributed by atoms with Crippen LogP contribution in [0, 0.1) is 17.7 Å². The van der Waals surface area contributed by atoms with Crippen molar-refractivity contribution < 1.29 is 19.0 Å². The zero-order valence-electron chi connectivity index (χ0n) is 16.5. The molecule has 154 valence electrons. The number of halogens is 1. The lowest BCUT2D eigenvalue weighted by molar-refractivity contribution is 0.0264. The summed E-state index contributed by atoms with van der Waals surface area (Å²) in [5, 5.41) is 9.84. The van der Waals surface area contributed by atoms with Crippen LogP contribution < -0.4 is 0 Å². The summed E-state index contributed by atoms with van der Waals surface area (Å²) < 4.78 is 19.0. The maximum atomic E-state index is 13.6. The maximum Gasteiger partial charge on any atom is 0.253 e. The Morgan fingerprint density at radius 1 is 1.03 bits per heavy atom. The SMILES string of the molecule is O=C(c1cccc(-c2cccc(F)c2)c1)N1C[C@@H](CO)[C@@H](CN2CCOCC2)C1. The number of rotatable bonds is 5. The highest BCUT2D eigenvalue weighted by atomic mass is 19.1. The molecule has 0 aliphatic carbocycles. The van der Waals surface area contributed by atoms with Crippen molar-refractivity contribution in [2.24, 2.45) is 11.8 Å². The Bertz CT molecular complexity index is 854. The summed E-state index contributed by atoms with van der Waals surface area (Å²) >= 11 is 0. The van der Waals surface area contributed by atoms with Crippen molar-refractivity contribution in [1.29, 1.82) is 0 Å². The summed E-state index contributed by atoms with van der Waals surface area (Å²) in [6.45, 7) is 5.46. The maximum absolute atomic E-state index is 13.6. The molecule has 29 heavy (non-hydrogen) atoms. The fourth-order valence-electron chi connectivity index (χ4n) is 4.32. The molecule has 0 saturated carbocycles. The predicted octanol–water partition coefficient (Wildman–Crippen LogP) is 2.51. The van der Waals surface area contributed by atoms with Crippen molar-refractivity contribution >= 4 is 5.91 Å². The van der Waals surface area contributed by atoms with Crippen LogP contribution in [0.5, 0.6) is 0 Å². The molecule has 2 aromatic carbocycles. The molecule has 5 nitrogen and oxygen atoms in total. The second-order valence-corrected chi connectivity index (χ2v) is 7.92. The van der Waals surface area contributed by atoms with Gasteiger partial charge < -0.3 is 14.7 Å². The van der Waals surface area contributed by atoms with Crippen molar-refractivity contribution in [3.05, 3.63) is 59.9 Å². The molecule has 2 aliphatic heterocycles. The van der Waals surface area contributed by atoms with Crippen molar-refractivity contribution in [3.8, 4) is 11.1 Å². The Balaban J connectivity index is 1.47. The van der Waals surface area contributed by atoms with Crippen LogP contribution in [-0.4, -0.2) is 73.4 Å². The first-order valence-electron chi connectivity index (χ1n) is 10.2. The van der Waals surface area contributed by atoms with Gasteiger partial charge in [-0.2, -0.15) is 0 Å². The van der Waals surface area contributed by atoms with Gasteiger partial charge in [-0.1, -0.05) is 24.3 Å². The van der Waals surface area contributed by atoms with Gasteiger partial charge in [0.1, 0.15) is 5.82 Å². The molecule has 2 aromatic rings. The summed E-state index contributed by atoms with van der Waals surface area (Å²) in [6, 6.07) is 13.7. The van der Waals surface area contributed by atoms with E-state index >= 15 is 0 Å². The van der Waals surface area contributed by atoms with E-state index in [1.54, 1.807) is 12.1 Å². The number of amides is 1. The number of morpholine rings is 1. The van der Waals surface area contributed by atoms with Gasteiger partial charge in [-0.15, -0.1) is 0 Å².